The van der Waals surface area contributed by atoms with Crippen LogP contribution in [0.5, 0.6) is 5.75 Å². The summed E-state index contributed by atoms with van der Waals surface area (Å²) < 4.78 is 83.7. The third kappa shape index (κ3) is 5.56. The molecule has 5 atom stereocenters. The van der Waals surface area contributed by atoms with Crippen LogP contribution in [0, 0.1) is 18.6 Å². The summed E-state index contributed by atoms with van der Waals surface area (Å²) >= 11 is 11.7. The van der Waals surface area contributed by atoms with E-state index in [-0.39, 0.29) is 33.5 Å². The molecule has 0 unspecified atom stereocenters. The molecule has 1 saturated heterocycles. The van der Waals surface area contributed by atoms with Gasteiger partial charge in [0.2, 0.25) is 0 Å². The lowest BCUT2D eigenvalue weighted by Crippen LogP contribution is -2.53. The summed E-state index contributed by atoms with van der Waals surface area (Å²) in [6.45, 7) is 0.619. The topological polar surface area (TPSA) is 128 Å². The van der Waals surface area contributed by atoms with Crippen LogP contribution in [0.2, 0.25) is 10.0 Å². The molecule has 3 N–H and O–H groups in total. The number of aliphatic hydroxyl groups excluding tert-OH is 3. The number of hydrogen-bond acceptors (Lipinski definition) is 8. The van der Waals surface area contributed by atoms with E-state index in [1.54, 1.807) is 0 Å². The average molecular weight is 650 g/mol. The zero-order chi connectivity index (χ0) is 31.4. The Balaban J connectivity index is 1.60. The van der Waals surface area contributed by atoms with Crippen molar-refractivity contribution < 1.29 is 46.7 Å². The molecule has 1 aliphatic rings. The molecule has 0 bridgehead atoms. The standard InChI is InChI=1S/C26H22Cl2F5N5O5/c1-10-35-25(38(36-10)15-5-12(27)3-4-13(15)26(31,32)33)24-23(41)21(22(40)17(9-39)43-24)37-8-11(7-34-37)18-16(42-2)6-14(28)19(29)20(18)30/h3-8,17,21-24,39-41H,9H2,1-2H3/t17-,21+,22+,23-,24-/m1/s1. The highest BCUT2D eigenvalue weighted by Gasteiger charge is 2.48. The van der Waals surface area contributed by atoms with Gasteiger partial charge in [0.25, 0.3) is 0 Å². The van der Waals surface area contributed by atoms with Crippen LogP contribution in [0.1, 0.15) is 29.4 Å². The lowest BCUT2D eigenvalue weighted by molar-refractivity contribution is -0.210. The van der Waals surface area contributed by atoms with Gasteiger partial charge in [-0.2, -0.15) is 23.4 Å². The van der Waals surface area contributed by atoms with Gasteiger partial charge in [0.05, 0.1) is 41.8 Å². The lowest BCUT2D eigenvalue weighted by Gasteiger charge is -2.42. The van der Waals surface area contributed by atoms with Gasteiger partial charge in [0, 0.05) is 22.8 Å². The summed E-state index contributed by atoms with van der Waals surface area (Å²) in [5.41, 5.74) is -1.99. The first kappa shape index (κ1) is 31.1. The summed E-state index contributed by atoms with van der Waals surface area (Å²) in [6.07, 6.45) is -8.89. The average Bonchev–Trinajstić information content (AvgIpc) is 3.57. The molecule has 0 amide bonds. The Hall–Kier alpha value is -3.34. The molecule has 2 aromatic heterocycles. The molecule has 3 heterocycles. The Morgan fingerprint density at radius 1 is 1.09 bits per heavy atom. The van der Waals surface area contributed by atoms with Crippen LogP contribution in [0.3, 0.4) is 0 Å². The monoisotopic (exact) mass is 649 g/mol. The second-order valence-corrected chi connectivity index (χ2v) is 10.5. The minimum Gasteiger partial charge on any atom is -0.496 e. The SMILES string of the molecule is COc1cc(Cl)c(F)c(F)c1-c1cnn([C@H]2[C@@H](O)[C@@H](CO)O[C@@H](c3nc(C)nn3-c3cc(Cl)ccc3C(F)(F)F)[C@@H]2O)c1. The number of methoxy groups -OCH3 is 1. The van der Waals surface area contributed by atoms with Gasteiger partial charge in [-0.15, -0.1) is 0 Å². The van der Waals surface area contributed by atoms with E-state index in [0.29, 0.717) is 0 Å². The highest BCUT2D eigenvalue weighted by atomic mass is 35.5. The van der Waals surface area contributed by atoms with E-state index in [2.05, 4.69) is 15.2 Å². The van der Waals surface area contributed by atoms with E-state index in [0.717, 1.165) is 39.8 Å². The van der Waals surface area contributed by atoms with Crippen LogP contribution in [0.4, 0.5) is 22.0 Å². The van der Waals surface area contributed by atoms with Crippen molar-refractivity contribution in [1.29, 1.82) is 0 Å². The first-order valence-electron chi connectivity index (χ1n) is 12.5. The van der Waals surface area contributed by atoms with Crippen molar-refractivity contribution >= 4 is 23.2 Å². The largest absolute Gasteiger partial charge is 0.496 e. The Kier molecular flexibility index (Phi) is 8.41. The molecule has 0 radical (unpaired) electrons. The molecule has 0 saturated carbocycles. The van der Waals surface area contributed by atoms with Gasteiger partial charge in [-0.05, 0) is 25.1 Å². The fourth-order valence-corrected chi connectivity index (χ4v) is 5.32. The third-order valence-electron chi connectivity index (χ3n) is 6.92. The number of halogens is 7. The van der Waals surface area contributed by atoms with Crippen LogP contribution >= 0.6 is 23.2 Å². The Bertz CT molecular complexity index is 1670. The van der Waals surface area contributed by atoms with Gasteiger partial charge < -0.3 is 24.8 Å². The molecule has 230 valence electrons. The predicted octanol–water partition coefficient (Wildman–Crippen LogP) is 4.45. The number of benzene rings is 2. The van der Waals surface area contributed by atoms with E-state index >= 15 is 0 Å². The van der Waals surface area contributed by atoms with E-state index in [1.807, 2.05) is 0 Å². The zero-order valence-corrected chi connectivity index (χ0v) is 23.6. The molecule has 2 aromatic carbocycles. The third-order valence-corrected chi connectivity index (χ3v) is 7.43. The molecular formula is C26H22Cl2F5N5O5. The van der Waals surface area contributed by atoms with Gasteiger partial charge in [-0.1, -0.05) is 23.2 Å². The minimum atomic E-state index is -4.82. The van der Waals surface area contributed by atoms with Crippen molar-refractivity contribution in [2.75, 3.05) is 13.7 Å². The number of hydrogen-bond donors (Lipinski definition) is 3. The maximum absolute atomic E-state index is 14.9. The first-order valence-corrected chi connectivity index (χ1v) is 13.2. The molecule has 4 aromatic rings. The van der Waals surface area contributed by atoms with E-state index < -0.39 is 71.1 Å². The molecule has 10 nitrogen and oxygen atoms in total. The highest BCUT2D eigenvalue weighted by molar-refractivity contribution is 6.31. The predicted molar refractivity (Wildman–Crippen MR) is 141 cm³/mol. The fraction of sp³-hybridized carbons (Fsp3) is 0.346. The van der Waals surface area contributed by atoms with Crippen LogP contribution in [-0.4, -0.2) is 71.9 Å². The van der Waals surface area contributed by atoms with E-state index in [4.69, 9.17) is 32.7 Å². The zero-order valence-electron chi connectivity index (χ0n) is 22.1. The molecule has 1 aliphatic heterocycles. The molecule has 0 aliphatic carbocycles. The summed E-state index contributed by atoms with van der Waals surface area (Å²) in [4.78, 5) is 4.18. The van der Waals surface area contributed by atoms with Crippen molar-refractivity contribution in [1.82, 2.24) is 24.5 Å². The second kappa shape index (κ2) is 11.6. The van der Waals surface area contributed by atoms with Gasteiger partial charge in [0.1, 0.15) is 42.0 Å². The number of nitrogens with zero attached hydrogens (tertiary/aromatic N) is 5. The van der Waals surface area contributed by atoms with Crippen molar-refractivity contribution in [3.05, 3.63) is 75.6 Å². The molecule has 1 fully saturated rings. The summed E-state index contributed by atoms with van der Waals surface area (Å²) in [5.74, 6) is -3.10. The maximum atomic E-state index is 14.9. The fourth-order valence-electron chi connectivity index (χ4n) is 4.97. The quantitative estimate of drug-likeness (QED) is 0.207. The second-order valence-electron chi connectivity index (χ2n) is 9.61. The van der Waals surface area contributed by atoms with Crippen molar-refractivity contribution in [2.45, 2.75) is 43.6 Å². The highest BCUT2D eigenvalue weighted by Crippen LogP contribution is 2.42. The number of ether oxygens (including phenoxy) is 2. The van der Waals surface area contributed by atoms with E-state index in [1.165, 1.54) is 20.2 Å². The van der Waals surface area contributed by atoms with Gasteiger partial charge in [0.15, 0.2) is 17.5 Å². The van der Waals surface area contributed by atoms with E-state index in [9.17, 15) is 37.3 Å². The molecule has 0 spiro atoms. The number of rotatable bonds is 6. The van der Waals surface area contributed by atoms with Crippen LogP contribution < -0.4 is 4.74 Å². The summed E-state index contributed by atoms with van der Waals surface area (Å²) in [5, 5.41) is 40.1. The molecule has 17 heteroatoms. The number of alkyl halides is 3. The van der Waals surface area contributed by atoms with Gasteiger partial charge >= 0.3 is 6.18 Å². The summed E-state index contributed by atoms with van der Waals surface area (Å²) in [7, 11) is 1.21. The molecule has 43 heavy (non-hydrogen) atoms. The van der Waals surface area contributed by atoms with Crippen LogP contribution in [0.15, 0.2) is 36.7 Å². The number of aryl methyl sites for hydroxylation is 1. The molecule has 5 rings (SSSR count). The minimum absolute atomic E-state index is 0.0100. The normalized spacial score (nSPS) is 22.7. The Morgan fingerprint density at radius 3 is 2.47 bits per heavy atom. The van der Waals surface area contributed by atoms with Crippen LogP contribution in [-0.2, 0) is 10.9 Å². The summed E-state index contributed by atoms with van der Waals surface area (Å²) in [6, 6.07) is 2.46. The lowest BCUT2D eigenvalue weighted by atomic mass is 9.92. The van der Waals surface area contributed by atoms with Crippen LogP contribution in [0.25, 0.3) is 16.8 Å². The Labute approximate surface area is 249 Å². The van der Waals surface area contributed by atoms with Gasteiger partial charge in [-0.3, -0.25) is 4.68 Å². The van der Waals surface area contributed by atoms with Crippen molar-refractivity contribution in [2.24, 2.45) is 0 Å². The van der Waals surface area contributed by atoms with Crippen molar-refractivity contribution in [3.63, 3.8) is 0 Å². The first-order chi connectivity index (χ1) is 20.3. The smallest absolute Gasteiger partial charge is 0.418 e. The maximum Gasteiger partial charge on any atom is 0.418 e. The Morgan fingerprint density at radius 2 is 1.81 bits per heavy atom. The number of aromatic nitrogens is 5. The molecular weight excluding hydrogens is 628 g/mol. The van der Waals surface area contributed by atoms with Crippen molar-refractivity contribution in [3.8, 4) is 22.6 Å². The van der Waals surface area contributed by atoms with Gasteiger partial charge in [-0.25, -0.2) is 18.4 Å². The number of aliphatic hydroxyl groups is 3.